The third-order valence-corrected chi connectivity index (χ3v) is 2.22. The molecule has 0 aliphatic heterocycles. The van der Waals surface area contributed by atoms with Crippen molar-refractivity contribution in [1.29, 1.82) is 0 Å². The first-order valence-electron chi connectivity index (χ1n) is 4.51. The predicted octanol–water partition coefficient (Wildman–Crippen LogP) is 1.41. The minimum absolute atomic E-state index is 0.807. The molecule has 0 fully saturated rings. The van der Waals surface area contributed by atoms with Crippen molar-refractivity contribution >= 4 is 11.0 Å². The number of hydrogen-bond acceptors (Lipinski definition) is 4. The second-order valence-electron chi connectivity index (χ2n) is 3.14. The molecule has 0 bridgehead atoms. The lowest BCUT2D eigenvalue weighted by atomic mass is 10.1. The molecule has 0 atom stereocenters. The van der Waals surface area contributed by atoms with Gasteiger partial charge in [-0.05, 0) is 23.4 Å². The number of nitrogens with one attached hydrogen (secondary N) is 1. The molecule has 72 valence electrons. The molecule has 0 amide bonds. The van der Waals surface area contributed by atoms with Gasteiger partial charge < -0.3 is 4.98 Å². The van der Waals surface area contributed by atoms with E-state index in [0.717, 1.165) is 22.3 Å². The summed E-state index contributed by atoms with van der Waals surface area (Å²) in [6, 6.07) is 7.73. The smallest absolute Gasteiger partial charge is 0.0964 e. The highest BCUT2D eigenvalue weighted by molar-refractivity contribution is 5.80. The van der Waals surface area contributed by atoms with Crippen LogP contribution in [0.25, 0.3) is 22.3 Å². The van der Waals surface area contributed by atoms with Crippen LogP contribution in [0.1, 0.15) is 0 Å². The van der Waals surface area contributed by atoms with Gasteiger partial charge in [-0.15, -0.1) is 10.2 Å². The van der Waals surface area contributed by atoms with Gasteiger partial charge in [0.1, 0.15) is 0 Å². The van der Waals surface area contributed by atoms with Gasteiger partial charge in [-0.2, -0.15) is 0 Å². The number of nitrogens with zero attached hydrogens (tertiary/aromatic N) is 4. The summed E-state index contributed by atoms with van der Waals surface area (Å²) in [6.07, 6.45) is 3.30. The SMILES string of the molecule is c1cc(-c2ccc3nc[nH]c3c2)nnn1. The van der Waals surface area contributed by atoms with E-state index in [1.807, 2.05) is 24.3 Å². The molecule has 1 N–H and O–H groups in total. The molecule has 15 heavy (non-hydrogen) atoms. The molecule has 0 radical (unpaired) electrons. The maximum atomic E-state index is 4.15. The second kappa shape index (κ2) is 3.13. The van der Waals surface area contributed by atoms with Crippen molar-refractivity contribution in [2.24, 2.45) is 0 Å². The molecule has 2 heterocycles. The van der Waals surface area contributed by atoms with Crippen molar-refractivity contribution in [1.82, 2.24) is 25.4 Å². The van der Waals surface area contributed by atoms with E-state index in [9.17, 15) is 0 Å². The number of aromatic nitrogens is 5. The maximum Gasteiger partial charge on any atom is 0.0964 e. The molecule has 0 spiro atoms. The van der Waals surface area contributed by atoms with Crippen LogP contribution in [0.2, 0.25) is 0 Å². The van der Waals surface area contributed by atoms with E-state index in [0.29, 0.717) is 0 Å². The molecule has 0 saturated carbocycles. The van der Waals surface area contributed by atoms with Crippen LogP contribution < -0.4 is 0 Å². The van der Waals surface area contributed by atoms with Gasteiger partial charge in [0, 0.05) is 5.56 Å². The van der Waals surface area contributed by atoms with E-state index in [2.05, 4.69) is 25.4 Å². The molecule has 2 aromatic heterocycles. The van der Waals surface area contributed by atoms with E-state index in [-0.39, 0.29) is 0 Å². The normalized spacial score (nSPS) is 10.7. The first kappa shape index (κ1) is 8.05. The highest BCUT2D eigenvalue weighted by atomic mass is 15.3. The molecule has 1 aromatic carbocycles. The lowest BCUT2D eigenvalue weighted by Gasteiger charge is -1.97. The first-order valence-corrected chi connectivity index (χ1v) is 4.51. The Morgan fingerprint density at radius 1 is 1.13 bits per heavy atom. The molecule has 0 saturated heterocycles. The number of benzene rings is 1. The van der Waals surface area contributed by atoms with Crippen molar-refractivity contribution in [3.8, 4) is 11.3 Å². The van der Waals surface area contributed by atoms with Gasteiger partial charge in [-0.25, -0.2) is 4.98 Å². The Morgan fingerprint density at radius 3 is 3.00 bits per heavy atom. The summed E-state index contributed by atoms with van der Waals surface area (Å²) in [5.74, 6) is 0. The highest BCUT2D eigenvalue weighted by Gasteiger charge is 2.01. The monoisotopic (exact) mass is 197 g/mol. The molecule has 0 aliphatic rings. The summed E-state index contributed by atoms with van der Waals surface area (Å²) in [4.78, 5) is 7.20. The Labute approximate surface area is 85.2 Å². The van der Waals surface area contributed by atoms with Crippen LogP contribution in [0.3, 0.4) is 0 Å². The summed E-state index contributed by atoms with van der Waals surface area (Å²) in [6.45, 7) is 0. The molecule has 0 aliphatic carbocycles. The summed E-state index contributed by atoms with van der Waals surface area (Å²) in [7, 11) is 0. The number of H-pyrrole nitrogens is 1. The summed E-state index contributed by atoms with van der Waals surface area (Å²) in [5, 5.41) is 11.2. The second-order valence-corrected chi connectivity index (χ2v) is 3.14. The summed E-state index contributed by atoms with van der Waals surface area (Å²) >= 11 is 0. The third-order valence-electron chi connectivity index (χ3n) is 2.22. The van der Waals surface area contributed by atoms with Crippen LogP contribution in [0.4, 0.5) is 0 Å². The van der Waals surface area contributed by atoms with Crippen LogP contribution in [-0.2, 0) is 0 Å². The first-order chi connectivity index (χ1) is 7.43. The zero-order valence-electron chi connectivity index (χ0n) is 7.75. The van der Waals surface area contributed by atoms with Crippen molar-refractivity contribution in [2.75, 3.05) is 0 Å². The molecule has 0 unspecified atom stereocenters. The standard InChI is InChI=1S/C10H7N5/c1-2-9-10(12-6-11-9)5-7(1)8-3-4-13-15-14-8/h1-6H,(H,11,12). The van der Waals surface area contributed by atoms with E-state index in [1.54, 1.807) is 12.5 Å². The van der Waals surface area contributed by atoms with E-state index in [4.69, 9.17) is 0 Å². The van der Waals surface area contributed by atoms with Crippen molar-refractivity contribution < 1.29 is 0 Å². The highest BCUT2D eigenvalue weighted by Crippen LogP contribution is 2.19. The fourth-order valence-electron chi connectivity index (χ4n) is 1.49. The average Bonchev–Trinajstić information content (AvgIpc) is 2.77. The van der Waals surface area contributed by atoms with Crippen LogP contribution in [-0.4, -0.2) is 25.4 Å². The fourth-order valence-corrected chi connectivity index (χ4v) is 1.49. The van der Waals surface area contributed by atoms with Crippen LogP contribution in [0.15, 0.2) is 36.8 Å². The predicted molar refractivity (Wildman–Crippen MR) is 54.9 cm³/mol. The molecule has 3 rings (SSSR count). The maximum absolute atomic E-state index is 4.15. The Bertz CT molecular complexity index is 587. The van der Waals surface area contributed by atoms with Gasteiger partial charge >= 0.3 is 0 Å². The van der Waals surface area contributed by atoms with Gasteiger partial charge in [0.15, 0.2) is 0 Å². The van der Waals surface area contributed by atoms with Crippen LogP contribution >= 0.6 is 0 Å². The number of rotatable bonds is 1. The van der Waals surface area contributed by atoms with E-state index >= 15 is 0 Å². The molecular formula is C10H7N5. The van der Waals surface area contributed by atoms with Gasteiger partial charge in [-0.3, -0.25) is 0 Å². The summed E-state index contributed by atoms with van der Waals surface area (Å²) in [5.41, 5.74) is 3.75. The molecule has 3 aromatic rings. The fraction of sp³-hybridized carbons (Fsp3) is 0. The lowest BCUT2D eigenvalue weighted by molar-refractivity contribution is 0.871. The van der Waals surface area contributed by atoms with Crippen LogP contribution in [0, 0.1) is 0 Å². The Hall–Kier alpha value is -2.30. The van der Waals surface area contributed by atoms with E-state index < -0.39 is 0 Å². The van der Waals surface area contributed by atoms with Crippen LogP contribution in [0.5, 0.6) is 0 Å². The number of aromatic amines is 1. The third kappa shape index (κ3) is 1.34. The van der Waals surface area contributed by atoms with Crippen molar-refractivity contribution in [2.45, 2.75) is 0 Å². The largest absolute Gasteiger partial charge is 0.345 e. The van der Waals surface area contributed by atoms with Gasteiger partial charge in [0.25, 0.3) is 0 Å². The molecular weight excluding hydrogens is 190 g/mol. The minimum atomic E-state index is 0.807. The number of imidazole rings is 1. The van der Waals surface area contributed by atoms with Gasteiger partial charge in [-0.1, -0.05) is 6.07 Å². The quantitative estimate of drug-likeness (QED) is 0.640. The van der Waals surface area contributed by atoms with Crippen molar-refractivity contribution in [3.63, 3.8) is 0 Å². The number of fused-ring (bicyclic) bond motifs is 1. The van der Waals surface area contributed by atoms with E-state index in [1.165, 1.54) is 0 Å². The average molecular weight is 197 g/mol. The minimum Gasteiger partial charge on any atom is -0.345 e. The molecule has 5 heteroatoms. The topological polar surface area (TPSA) is 67.3 Å². The summed E-state index contributed by atoms with van der Waals surface area (Å²) < 4.78 is 0. The van der Waals surface area contributed by atoms with Crippen molar-refractivity contribution in [3.05, 3.63) is 36.8 Å². The number of hydrogen-bond donors (Lipinski definition) is 1. The zero-order chi connectivity index (χ0) is 10.1. The van der Waals surface area contributed by atoms with Gasteiger partial charge in [0.2, 0.25) is 0 Å². The lowest BCUT2D eigenvalue weighted by Crippen LogP contribution is -1.88. The Kier molecular flexibility index (Phi) is 1.68. The Morgan fingerprint density at radius 2 is 2.13 bits per heavy atom. The van der Waals surface area contributed by atoms with Gasteiger partial charge in [0.05, 0.1) is 29.3 Å². The molecule has 5 nitrogen and oxygen atoms in total. The Balaban J connectivity index is 2.19. The zero-order valence-corrected chi connectivity index (χ0v) is 7.75.